The highest BCUT2D eigenvalue weighted by atomic mass is 16.3. The maximum absolute atomic E-state index is 11.9. The Balaban J connectivity index is 1.24. The van der Waals surface area contributed by atoms with Crippen LogP contribution in [0.25, 0.3) is 83.9 Å². The predicted octanol–water partition coefficient (Wildman–Crippen LogP) is 14.3. The highest BCUT2D eigenvalue weighted by molar-refractivity contribution is 5.98. The predicted molar refractivity (Wildman–Crippen MR) is 248 cm³/mol. The van der Waals surface area contributed by atoms with Gasteiger partial charge >= 0.3 is 0 Å². The van der Waals surface area contributed by atoms with Gasteiger partial charge in [-0.1, -0.05) is 130 Å². The molecule has 0 fully saturated rings. The molecule has 0 radical (unpaired) electrons. The molecule has 292 valence electrons. The lowest BCUT2D eigenvalue weighted by Gasteiger charge is -2.23. The Bertz CT molecular complexity index is 3010. The zero-order valence-corrected chi connectivity index (χ0v) is 34.4. The van der Waals surface area contributed by atoms with Crippen LogP contribution in [0.15, 0.2) is 176 Å². The number of para-hydroxylation sites is 1. The maximum Gasteiger partial charge on any atom is 0.149 e. The molecule has 1 aliphatic rings. The van der Waals surface area contributed by atoms with Gasteiger partial charge in [-0.05, 0) is 142 Å². The van der Waals surface area contributed by atoms with Gasteiger partial charge in [0.1, 0.15) is 11.6 Å². The lowest BCUT2D eigenvalue weighted by molar-refractivity contribution is 0.474. The fourth-order valence-electron chi connectivity index (χ4n) is 8.88. The maximum atomic E-state index is 11.9. The number of aromatic nitrogens is 3. The van der Waals surface area contributed by atoms with Crippen molar-refractivity contribution in [3.8, 4) is 78.6 Å². The fraction of sp³-hybridized carbons (Fsp3) is 0.143. The quantitative estimate of drug-likeness (QED) is 0.175. The number of fused-ring (bicyclic) bond motifs is 2. The summed E-state index contributed by atoms with van der Waals surface area (Å²) in [4.78, 5) is 10.5. The lowest BCUT2D eigenvalue weighted by atomic mass is 9.85. The molecule has 4 nitrogen and oxygen atoms in total. The highest BCUT2D eigenvalue weighted by Crippen LogP contribution is 2.43. The molecule has 0 saturated carbocycles. The lowest BCUT2D eigenvalue weighted by Crippen LogP contribution is -2.12. The van der Waals surface area contributed by atoms with Gasteiger partial charge in [-0.25, -0.2) is 4.98 Å². The third kappa shape index (κ3) is 6.98. The molecule has 0 bridgehead atoms. The minimum atomic E-state index is -0.0528. The van der Waals surface area contributed by atoms with E-state index in [-0.39, 0.29) is 11.2 Å². The van der Waals surface area contributed by atoms with E-state index in [1.165, 1.54) is 16.7 Å². The first-order valence-corrected chi connectivity index (χ1v) is 21.1. The highest BCUT2D eigenvalue weighted by Gasteiger charge is 2.25. The number of aryl methyl sites for hydroxylation is 2. The Morgan fingerprint density at radius 2 is 1.13 bits per heavy atom. The summed E-state index contributed by atoms with van der Waals surface area (Å²) in [5, 5.41) is 11.9. The first-order chi connectivity index (χ1) is 29.3. The molecular formula is C56H47N3O. The van der Waals surface area contributed by atoms with Crippen molar-refractivity contribution in [2.75, 3.05) is 0 Å². The number of hydrogen-bond donors (Lipinski definition) is 1. The van der Waals surface area contributed by atoms with Gasteiger partial charge in [0.25, 0.3) is 0 Å². The Morgan fingerprint density at radius 3 is 1.83 bits per heavy atom. The summed E-state index contributed by atoms with van der Waals surface area (Å²) in [5.74, 6) is 0.986. The minimum Gasteiger partial charge on any atom is -0.507 e. The third-order valence-electron chi connectivity index (χ3n) is 12.1. The first-order valence-electron chi connectivity index (χ1n) is 21.1. The van der Waals surface area contributed by atoms with Crippen LogP contribution in [-0.4, -0.2) is 19.6 Å². The standard InChI is InChI=1S/C56H47N3O/c1-56(2,3)46-26-27-51(48(36-46)39-20-11-6-12-21-39)59-52-25-15-24-47(54(52)58-55(59)49-33-40-22-13-14-23-41(40)35-53(49)60)44-30-43(38-18-9-5-10-19-38)31-45(32-44)50-34-42(28-29-57-50)37-16-7-4-8-17-37/h4-12,15-21,24-36,60H,13-14,22-23H2,1-3H3. The number of phenolic OH excluding ortho intramolecular Hbond substituents is 1. The van der Waals surface area contributed by atoms with E-state index < -0.39 is 0 Å². The van der Waals surface area contributed by atoms with Gasteiger partial charge < -0.3 is 5.11 Å². The number of pyridine rings is 1. The Labute approximate surface area is 352 Å². The van der Waals surface area contributed by atoms with Crippen LogP contribution in [0.1, 0.15) is 50.3 Å². The first kappa shape index (κ1) is 37.2. The Hall–Kier alpha value is -7.04. The topological polar surface area (TPSA) is 50.9 Å². The van der Waals surface area contributed by atoms with E-state index >= 15 is 0 Å². The van der Waals surface area contributed by atoms with Crippen LogP contribution in [0.2, 0.25) is 0 Å². The zero-order chi connectivity index (χ0) is 40.8. The van der Waals surface area contributed by atoms with E-state index in [1.807, 2.05) is 18.3 Å². The van der Waals surface area contributed by atoms with Crippen molar-refractivity contribution in [1.29, 1.82) is 0 Å². The average Bonchev–Trinajstić information content (AvgIpc) is 3.68. The molecule has 0 unspecified atom stereocenters. The number of benzene rings is 7. The van der Waals surface area contributed by atoms with E-state index in [0.29, 0.717) is 0 Å². The van der Waals surface area contributed by atoms with E-state index in [2.05, 4.69) is 183 Å². The molecular weight excluding hydrogens is 731 g/mol. The molecule has 0 amide bonds. The molecule has 0 spiro atoms. The monoisotopic (exact) mass is 777 g/mol. The van der Waals surface area contributed by atoms with Gasteiger partial charge in [0.15, 0.2) is 0 Å². The Kier molecular flexibility index (Phi) is 9.49. The van der Waals surface area contributed by atoms with Crippen molar-refractivity contribution in [1.82, 2.24) is 14.5 Å². The smallest absolute Gasteiger partial charge is 0.149 e. The minimum absolute atomic E-state index is 0.0528. The van der Waals surface area contributed by atoms with Crippen molar-refractivity contribution in [3.05, 3.63) is 193 Å². The molecule has 1 N–H and O–H groups in total. The van der Waals surface area contributed by atoms with Crippen molar-refractivity contribution >= 4 is 11.0 Å². The van der Waals surface area contributed by atoms with Crippen LogP contribution in [0.5, 0.6) is 5.75 Å². The van der Waals surface area contributed by atoms with Crippen LogP contribution in [-0.2, 0) is 18.3 Å². The van der Waals surface area contributed by atoms with Gasteiger partial charge in [-0.15, -0.1) is 0 Å². The molecule has 1 aliphatic carbocycles. The van der Waals surface area contributed by atoms with Crippen molar-refractivity contribution in [3.63, 3.8) is 0 Å². The molecule has 2 heterocycles. The normalized spacial score (nSPS) is 12.7. The fourth-order valence-corrected chi connectivity index (χ4v) is 8.88. The summed E-state index contributed by atoms with van der Waals surface area (Å²) >= 11 is 0. The number of aromatic hydroxyl groups is 1. The van der Waals surface area contributed by atoms with Crippen molar-refractivity contribution in [2.24, 2.45) is 0 Å². The second-order valence-corrected chi connectivity index (χ2v) is 17.1. The molecule has 4 heteroatoms. The molecule has 0 aliphatic heterocycles. The number of rotatable bonds is 7. The second-order valence-electron chi connectivity index (χ2n) is 17.1. The Morgan fingerprint density at radius 1 is 0.500 bits per heavy atom. The number of phenols is 1. The van der Waals surface area contributed by atoms with Gasteiger partial charge in [-0.3, -0.25) is 9.55 Å². The molecule has 2 aromatic heterocycles. The molecule has 9 aromatic rings. The summed E-state index contributed by atoms with van der Waals surface area (Å²) < 4.78 is 2.28. The van der Waals surface area contributed by atoms with Crippen molar-refractivity contribution in [2.45, 2.75) is 51.9 Å². The number of hydrogen-bond acceptors (Lipinski definition) is 3. The molecule has 7 aromatic carbocycles. The zero-order valence-electron chi connectivity index (χ0n) is 34.4. The van der Waals surface area contributed by atoms with Gasteiger partial charge in [-0.2, -0.15) is 0 Å². The van der Waals surface area contributed by atoms with E-state index in [1.54, 1.807) is 0 Å². The number of imidazole rings is 1. The summed E-state index contributed by atoms with van der Waals surface area (Å²) in [6.45, 7) is 6.78. The van der Waals surface area contributed by atoms with Gasteiger partial charge in [0.2, 0.25) is 0 Å². The van der Waals surface area contributed by atoms with Crippen LogP contribution in [0.3, 0.4) is 0 Å². The molecule has 60 heavy (non-hydrogen) atoms. The third-order valence-corrected chi connectivity index (χ3v) is 12.1. The second kappa shape index (κ2) is 15.3. The molecule has 10 rings (SSSR count). The molecule has 0 atom stereocenters. The number of nitrogens with zero attached hydrogens (tertiary/aromatic N) is 3. The SMILES string of the molecule is CC(C)(C)c1ccc(-n2c(-c3cc4c(cc3O)CCCC4)nc3c(-c4cc(-c5ccccc5)cc(-c5cc(-c6ccccc6)ccn5)c4)cccc32)c(-c2ccccc2)c1. The van der Waals surface area contributed by atoms with Gasteiger partial charge in [0, 0.05) is 22.9 Å². The van der Waals surface area contributed by atoms with E-state index in [4.69, 9.17) is 9.97 Å². The summed E-state index contributed by atoms with van der Waals surface area (Å²) in [6, 6.07) is 60.2. The van der Waals surface area contributed by atoms with Crippen LogP contribution >= 0.6 is 0 Å². The van der Waals surface area contributed by atoms with Crippen LogP contribution in [0.4, 0.5) is 0 Å². The van der Waals surface area contributed by atoms with Crippen molar-refractivity contribution < 1.29 is 5.11 Å². The van der Waals surface area contributed by atoms with Crippen LogP contribution in [0, 0.1) is 0 Å². The summed E-state index contributed by atoms with van der Waals surface area (Å²) in [7, 11) is 0. The van der Waals surface area contributed by atoms with E-state index in [0.717, 1.165) is 110 Å². The van der Waals surface area contributed by atoms with E-state index in [9.17, 15) is 5.11 Å². The van der Waals surface area contributed by atoms with Crippen LogP contribution < -0.4 is 0 Å². The molecule has 0 saturated heterocycles. The summed E-state index contributed by atoms with van der Waals surface area (Å²) in [6.07, 6.45) is 6.18. The summed E-state index contributed by atoms with van der Waals surface area (Å²) in [5.41, 5.74) is 18.1. The van der Waals surface area contributed by atoms with Gasteiger partial charge in [0.05, 0.1) is 28.0 Å². The average molecular weight is 778 g/mol. The largest absolute Gasteiger partial charge is 0.507 e.